The normalized spacial score (nSPS) is 17.8. The smallest absolute Gasteiger partial charge is 0.350 e. The molecule has 1 saturated carbocycles. The molecule has 6 rings (SSSR count). The van der Waals surface area contributed by atoms with E-state index in [0.717, 1.165) is 66.0 Å². The molecule has 1 aliphatic heterocycles. The van der Waals surface area contributed by atoms with Gasteiger partial charge in [-0.2, -0.15) is 5.10 Å². The van der Waals surface area contributed by atoms with Crippen LogP contribution in [-0.4, -0.2) is 52.0 Å². The van der Waals surface area contributed by atoms with Gasteiger partial charge in [0, 0.05) is 37.9 Å². The number of methoxy groups -OCH3 is 1. The van der Waals surface area contributed by atoms with Crippen LogP contribution in [0.5, 0.6) is 0 Å². The summed E-state index contributed by atoms with van der Waals surface area (Å²) in [6.45, 7) is 2.35. The molecule has 1 aliphatic carbocycles. The summed E-state index contributed by atoms with van der Waals surface area (Å²) in [4.78, 5) is 27.9. The number of rotatable bonds is 8. The maximum Gasteiger partial charge on any atom is 0.350 e. The third kappa shape index (κ3) is 4.37. The Bertz CT molecular complexity index is 1440. The minimum absolute atomic E-state index is 0.168. The first-order valence-corrected chi connectivity index (χ1v) is 12.7. The van der Waals surface area contributed by atoms with Crippen LogP contribution in [-0.2, 0) is 22.5 Å². The molecule has 1 amide bonds. The Kier molecular flexibility index (Phi) is 5.97. The molecule has 4 aromatic rings. The molecule has 2 aliphatic rings. The molecule has 0 unspecified atom stereocenters. The van der Waals surface area contributed by atoms with Crippen molar-refractivity contribution >= 4 is 16.9 Å². The molecule has 0 spiro atoms. The number of amides is 1. The van der Waals surface area contributed by atoms with Crippen LogP contribution in [0.25, 0.3) is 27.8 Å². The van der Waals surface area contributed by atoms with Gasteiger partial charge in [-0.3, -0.25) is 4.79 Å². The Morgan fingerprint density at radius 2 is 1.89 bits per heavy atom. The quantitative estimate of drug-likeness (QED) is 0.377. The highest BCUT2D eigenvalue weighted by Gasteiger charge is 2.37. The van der Waals surface area contributed by atoms with Gasteiger partial charge in [0.15, 0.2) is 0 Å². The van der Waals surface area contributed by atoms with Gasteiger partial charge in [-0.05, 0) is 66.6 Å². The van der Waals surface area contributed by atoms with E-state index in [-0.39, 0.29) is 11.6 Å². The largest absolute Gasteiger partial charge is 0.464 e. The zero-order valence-electron chi connectivity index (χ0n) is 20.4. The van der Waals surface area contributed by atoms with Gasteiger partial charge >= 0.3 is 5.69 Å². The van der Waals surface area contributed by atoms with E-state index in [0.29, 0.717) is 31.4 Å². The van der Waals surface area contributed by atoms with Crippen molar-refractivity contribution in [3.05, 3.63) is 71.1 Å². The first kappa shape index (κ1) is 22.8. The van der Waals surface area contributed by atoms with E-state index in [1.807, 2.05) is 47.4 Å². The molecule has 2 aromatic heterocycles. The number of hydrogen-bond donors (Lipinski definition) is 0. The fourth-order valence-corrected chi connectivity index (χ4v) is 5.16. The number of hydrogen-bond acceptors (Lipinski definition) is 5. The van der Waals surface area contributed by atoms with Crippen molar-refractivity contribution < 1.29 is 13.9 Å². The molecule has 0 bridgehead atoms. The number of furan rings is 1. The van der Waals surface area contributed by atoms with Gasteiger partial charge in [-0.15, -0.1) is 0 Å². The molecule has 186 valence electrons. The number of aromatic nitrogens is 3. The molecule has 2 aromatic carbocycles. The van der Waals surface area contributed by atoms with E-state index in [1.165, 1.54) is 4.68 Å². The standard InChI is InChI=1S/C28H30N4O4/c1-35-15-13-31-28(34)32(26(29-31)16-19-10-12-30(18-19)27(33)21-2-3-21)24-7-4-20(5-8-24)22-6-9-25-23(17-22)11-14-36-25/h4-9,11,14,17,19,21H,2-3,10,12-13,15-16,18H2,1H3/t19-/m0/s1. The number of likely N-dealkylation sites (tertiary alicyclic amines) is 1. The summed E-state index contributed by atoms with van der Waals surface area (Å²) in [5, 5.41) is 5.74. The fraction of sp³-hybridized carbons (Fsp3) is 0.393. The molecular weight excluding hydrogens is 456 g/mol. The number of carbonyl (C=O) groups excluding carboxylic acids is 1. The van der Waals surface area contributed by atoms with Gasteiger partial charge in [0.25, 0.3) is 0 Å². The van der Waals surface area contributed by atoms with Crippen molar-refractivity contribution in [3.63, 3.8) is 0 Å². The Morgan fingerprint density at radius 3 is 2.67 bits per heavy atom. The van der Waals surface area contributed by atoms with Crippen molar-refractivity contribution in [2.45, 2.75) is 32.2 Å². The van der Waals surface area contributed by atoms with Gasteiger partial charge in [0.05, 0.1) is 25.1 Å². The molecule has 36 heavy (non-hydrogen) atoms. The van der Waals surface area contributed by atoms with E-state index in [4.69, 9.17) is 9.15 Å². The summed E-state index contributed by atoms with van der Waals surface area (Å²) in [5.41, 5.74) is 3.63. The van der Waals surface area contributed by atoms with E-state index in [2.05, 4.69) is 11.2 Å². The first-order valence-electron chi connectivity index (χ1n) is 12.7. The molecule has 0 radical (unpaired) electrons. The van der Waals surface area contributed by atoms with E-state index < -0.39 is 0 Å². The maximum absolute atomic E-state index is 13.3. The van der Waals surface area contributed by atoms with Gasteiger partial charge in [0.1, 0.15) is 11.4 Å². The lowest BCUT2D eigenvalue weighted by atomic mass is 10.0. The molecule has 3 heterocycles. The third-order valence-corrected chi connectivity index (χ3v) is 7.32. The average molecular weight is 487 g/mol. The van der Waals surface area contributed by atoms with Crippen LogP contribution in [0.3, 0.4) is 0 Å². The molecule has 2 fully saturated rings. The minimum atomic E-state index is -0.168. The lowest BCUT2D eigenvalue weighted by Crippen LogP contribution is -2.30. The number of nitrogens with zero attached hydrogens (tertiary/aromatic N) is 4. The van der Waals surface area contributed by atoms with Crippen LogP contribution in [0.2, 0.25) is 0 Å². The van der Waals surface area contributed by atoms with Gasteiger partial charge in [-0.1, -0.05) is 18.2 Å². The average Bonchev–Trinajstić information content (AvgIpc) is 3.32. The fourth-order valence-electron chi connectivity index (χ4n) is 5.16. The Hall–Kier alpha value is -3.65. The van der Waals surface area contributed by atoms with E-state index in [9.17, 15) is 9.59 Å². The second-order valence-electron chi connectivity index (χ2n) is 9.89. The number of carbonyl (C=O) groups is 1. The van der Waals surface area contributed by atoms with Crippen LogP contribution in [0.1, 0.15) is 25.1 Å². The summed E-state index contributed by atoms with van der Waals surface area (Å²) in [6.07, 6.45) is 5.33. The van der Waals surface area contributed by atoms with E-state index >= 15 is 0 Å². The molecule has 8 nitrogen and oxygen atoms in total. The Morgan fingerprint density at radius 1 is 1.08 bits per heavy atom. The SMILES string of the molecule is COCCn1nc(C[C@@H]2CCN(C(=O)C3CC3)C2)n(-c2ccc(-c3ccc4occc4c3)cc2)c1=O. The van der Waals surface area contributed by atoms with Crippen LogP contribution < -0.4 is 5.69 Å². The predicted molar refractivity (Wildman–Crippen MR) is 136 cm³/mol. The van der Waals surface area contributed by atoms with Gasteiger partial charge in [0.2, 0.25) is 5.91 Å². The van der Waals surface area contributed by atoms with Crippen LogP contribution in [0, 0.1) is 11.8 Å². The van der Waals surface area contributed by atoms with Crippen molar-refractivity contribution in [1.82, 2.24) is 19.2 Å². The van der Waals surface area contributed by atoms with Crippen molar-refractivity contribution in [3.8, 4) is 16.8 Å². The Labute approximate surface area is 209 Å². The van der Waals surface area contributed by atoms with Crippen molar-refractivity contribution in [2.24, 2.45) is 11.8 Å². The lowest BCUT2D eigenvalue weighted by Gasteiger charge is -2.16. The van der Waals surface area contributed by atoms with Crippen LogP contribution in [0.4, 0.5) is 0 Å². The second-order valence-corrected chi connectivity index (χ2v) is 9.89. The highest BCUT2D eigenvalue weighted by molar-refractivity contribution is 5.83. The summed E-state index contributed by atoms with van der Waals surface area (Å²) in [7, 11) is 1.62. The molecule has 0 N–H and O–H groups in total. The third-order valence-electron chi connectivity index (χ3n) is 7.32. The van der Waals surface area contributed by atoms with Crippen molar-refractivity contribution in [2.75, 3.05) is 26.8 Å². The van der Waals surface area contributed by atoms with Gasteiger partial charge in [-0.25, -0.2) is 14.0 Å². The van der Waals surface area contributed by atoms with Crippen LogP contribution >= 0.6 is 0 Å². The second kappa shape index (κ2) is 9.43. The zero-order chi connectivity index (χ0) is 24.6. The maximum atomic E-state index is 13.3. The molecule has 1 atom stereocenters. The predicted octanol–water partition coefficient (Wildman–Crippen LogP) is 3.89. The summed E-state index contributed by atoms with van der Waals surface area (Å²) in [5.74, 6) is 1.56. The lowest BCUT2D eigenvalue weighted by molar-refractivity contribution is -0.131. The highest BCUT2D eigenvalue weighted by atomic mass is 16.5. The first-order chi connectivity index (χ1) is 17.6. The summed E-state index contributed by atoms with van der Waals surface area (Å²) in [6, 6.07) is 16.1. The minimum Gasteiger partial charge on any atom is -0.464 e. The molecular formula is C28H30N4O4. The molecule has 1 saturated heterocycles. The summed E-state index contributed by atoms with van der Waals surface area (Å²) < 4.78 is 13.8. The molecule has 8 heteroatoms. The van der Waals surface area contributed by atoms with Crippen LogP contribution in [0.15, 0.2) is 64.0 Å². The summed E-state index contributed by atoms with van der Waals surface area (Å²) >= 11 is 0. The number of ether oxygens (including phenoxy) is 1. The monoisotopic (exact) mass is 486 g/mol. The number of fused-ring (bicyclic) bond motifs is 1. The Balaban J connectivity index is 1.27. The number of benzene rings is 2. The van der Waals surface area contributed by atoms with Crippen molar-refractivity contribution in [1.29, 1.82) is 0 Å². The van der Waals surface area contributed by atoms with E-state index in [1.54, 1.807) is 17.9 Å². The highest BCUT2D eigenvalue weighted by Crippen LogP contribution is 2.33. The topological polar surface area (TPSA) is 82.5 Å². The van der Waals surface area contributed by atoms with Gasteiger partial charge < -0.3 is 14.1 Å². The zero-order valence-corrected chi connectivity index (χ0v) is 20.4.